The third kappa shape index (κ3) is 5.34. The summed E-state index contributed by atoms with van der Waals surface area (Å²) < 4.78 is 0. The zero-order chi connectivity index (χ0) is 14.2. The minimum atomic E-state index is 0. The summed E-state index contributed by atoms with van der Waals surface area (Å²) in [5.41, 5.74) is 5.51. The van der Waals surface area contributed by atoms with Gasteiger partial charge in [-0.15, -0.1) is 12.0 Å². The first-order chi connectivity index (χ1) is 9.95. The molecule has 0 radical (unpaired) electrons. The summed E-state index contributed by atoms with van der Waals surface area (Å²) in [5.74, 6) is 0. The molecule has 0 heterocycles. The molecule has 22 heavy (non-hydrogen) atoms. The van der Waals surface area contributed by atoms with E-state index < -0.39 is 0 Å². The van der Waals surface area contributed by atoms with E-state index in [0.717, 1.165) is 12.8 Å². The van der Waals surface area contributed by atoms with Gasteiger partial charge in [-0.1, -0.05) is 35.4 Å². The van der Waals surface area contributed by atoms with Crippen molar-refractivity contribution in [1.29, 1.82) is 0 Å². The number of benzene rings is 2. The number of hydrogen-bond donors (Lipinski definition) is 0. The zero-order valence-electron chi connectivity index (χ0n) is 13.4. The Labute approximate surface area is 152 Å². The predicted molar refractivity (Wildman–Crippen MR) is 96.5 cm³/mol. The molecule has 114 valence electrons. The molecule has 2 aliphatic rings. The van der Waals surface area contributed by atoms with Crippen molar-refractivity contribution in [2.75, 3.05) is 0 Å². The van der Waals surface area contributed by atoms with Crippen LogP contribution in [0.2, 0.25) is 0 Å². The van der Waals surface area contributed by atoms with E-state index >= 15 is 0 Å². The van der Waals surface area contributed by atoms with Gasteiger partial charge in [0.25, 0.3) is 0 Å². The molecular formula is C20H22SiZr-4. The Morgan fingerprint density at radius 1 is 0.955 bits per heavy atom. The molecule has 2 aromatic carbocycles. The van der Waals surface area contributed by atoms with Crippen LogP contribution in [0.5, 0.6) is 0 Å². The van der Waals surface area contributed by atoms with Crippen molar-refractivity contribution in [2.45, 2.75) is 12.8 Å². The van der Waals surface area contributed by atoms with Gasteiger partial charge < -0.3 is 14.9 Å². The van der Waals surface area contributed by atoms with Crippen LogP contribution in [0.4, 0.5) is 0 Å². The third-order valence-electron chi connectivity index (χ3n) is 3.20. The molecular weight excluding hydrogens is 360 g/mol. The third-order valence-corrected chi connectivity index (χ3v) is 3.20. The molecule has 2 heteroatoms. The fourth-order valence-corrected chi connectivity index (χ4v) is 2.34. The van der Waals surface area contributed by atoms with E-state index in [1.807, 2.05) is 25.1 Å². The van der Waals surface area contributed by atoms with Gasteiger partial charge in [0.05, 0.1) is 0 Å². The summed E-state index contributed by atoms with van der Waals surface area (Å²) in [6.45, 7) is 1.95. The molecule has 0 saturated heterocycles. The summed E-state index contributed by atoms with van der Waals surface area (Å²) in [5, 5.41) is 0. The Balaban J connectivity index is 0.000000422. The SMILES string of the molecule is [C-]1=CC=CC1.[CH3-].[CH3-].[SiH2]=[Zr].[c-]1cccc2c1Cc1ccccc1-2. The molecule has 0 bridgehead atoms. The first-order valence-corrected chi connectivity index (χ1v) is 12.5. The van der Waals surface area contributed by atoms with Gasteiger partial charge in [-0.2, -0.15) is 35.9 Å². The van der Waals surface area contributed by atoms with Crippen LogP contribution in [0.25, 0.3) is 11.1 Å². The van der Waals surface area contributed by atoms with E-state index in [4.69, 9.17) is 0 Å². The van der Waals surface area contributed by atoms with Crippen LogP contribution in [0.1, 0.15) is 17.5 Å². The molecule has 0 amide bonds. The van der Waals surface area contributed by atoms with E-state index in [2.05, 4.69) is 54.6 Å². The van der Waals surface area contributed by atoms with Crippen molar-refractivity contribution in [1.82, 2.24) is 0 Å². The van der Waals surface area contributed by atoms with Crippen LogP contribution in [0.15, 0.2) is 60.7 Å². The normalized spacial score (nSPS) is 11.4. The van der Waals surface area contributed by atoms with Crippen LogP contribution in [-0.4, -0.2) is 6.88 Å². The summed E-state index contributed by atoms with van der Waals surface area (Å²) in [6, 6.07) is 18.1. The maximum atomic E-state index is 3.30. The van der Waals surface area contributed by atoms with Crippen LogP contribution in [-0.2, 0) is 29.8 Å². The van der Waals surface area contributed by atoms with Crippen LogP contribution in [0.3, 0.4) is 0 Å². The van der Waals surface area contributed by atoms with Crippen molar-refractivity contribution in [3.8, 4) is 11.1 Å². The van der Waals surface area contributed by atoms with Crippen LogP contribution >= 0.6 is 0 Å². The van der Waals surface area contributed by atoms with Gasteiger partial charge in [0.15, 0.2) is 0 Å². The molecule has 0 saturated carbocycles. The standard InChI is InChI=1S/C13H9.C5H5.2CH3.H2Si.Zr/c1-3-7-12-10(5-1)9-11-6-2-4-8-13(11)12;1-2-4-5-3-1;;;;/h1-5,7-8H,9H2;1-3H,4H2;2*1H3;1H2;/q4*-1;;. The number of fused-ring (bicyclic) bond motifs is 3. The molecule has 0 fully saturated rings. The monoisotopic (exact) mass is 380 g/mol. The minimum absolute atomic E-state index is 0. The van der Waals surface area contributed by atoms with Gasteiger partial charge in [-0.3, -0.25) is 6.08 Å². The molecule has 0 nitrogen and oxygen atoms in total. The van der Waals surface area contributed by atoms with Gasteiger partial charge in [0.1, 0.15) is 0 Å². The van der Waals surface area contributed by atoms with Crippen molar-refractivity contribution in [3.05, 3.63) is 98.8 Å². The molecule has 0 aromatic heterocycles. The molecule has 0 spiro atoms. The molecule has 0 aliphatic heterocycles. The predicted octanol–water partition coefficient (Wildman–Crippen LogP) is 4.35. The van der Waals surface area contributed by atoms with E-state index in [1.165, 1.54) is 22.3 Å². The van der Waals surface area contributed by atoms with Gasteiger partial charge in [0.2, 0.25) is 0 Å². The Morgan fingerprint density at radius 3 is 2.32 bits per heavy atom. The molecule has 0 N–H and O–H groups in total. The van der Waals surface area contributed by atoms with Crippen molar-refractivity contribution >= 4 is 6.88 Å². The maximum absolute atomic E-state index is 3.30. The fraction of sp³-hybridized carbons (Fsp3) is 0.100. The number of hydrogen-bond acceptors (Lipinski definition) is 0. The molecule has 2 aliphatic carbocycles. The van der Waals surface area contributed by atoms with Crippen molar-refractivity contribution in [3.63, 3.8) is 0 Å². The van der Waals surface area contributed by atoms with E-state index in [0.29, 0.717) is 0 Å². The zero-order valence-corrected chi connectivity index (χ0v) is 17.3. The van der Waals surface area contributed by atoms with Crippen molar-refractivity contribution in [2.24, 2.45) is 0 Å². The molecule has 2 aromatic rings. The summed E-state index contributed by atoms with van der Waals surface area (Å²) in [4.78, 5) is 0. The Bertz CT molecular complexity index is 576. The Hall–Kier alpha value is -0.980. The van der Waals surface area contributed by atoms with E-state index in [1.54, 1.807) is 23.3 Å². The average molecular weight is 382 g/mol. The largest absolute Gasteiger partial charge is 0.179 e. The second-order valence-electron chi connectivity index (χ2n) is 4.40. The maximum Gasteiger partial charge on any atom is -0.0253 e. The topological polar surface area (TPSA) is 0 Å². The van der Waals surface area contributed by atoms with E-state index in [-0.39, 0.29) is 14.9 Å². The van der Waals surface area contributed by atoms with Gasteiger partial charge >= 0.3 is 30.2 Å². The number of rotatable bonds is 0. The first kappa shape index (κ1) is 21.0. The minimum Gasteiger partial charge on any atom is -0.179 e. The summed E-state index contributed by atoms with van der Waals surface area (Å²) in [7, 11) is 0. The van der Waals surface area contributed by atoms with Crippen LogP contribution < -0.4 is 0 Å². The second-order valence-corrected chi connectivity index (χ2v) is 4.40. The van der Waals surface area contributed by atoms with Gasteiger partial charge in [0, 0.05) is 0 Å². The quantitative estimate of drug-likeness (QED) is 0.401. The second kappa shape index (κ2) is 11.6. The van der Waals surface area contributed by atoms with E-state index in [9.17, 15) is 0 Å². The van der Waals surface area contributed by atoms with Gasteiger partial charge in [-0.25, -0.2) is 12.2 Å². The van der Waals surface area contributed by atoms with Gasteiger partial charge in [-0.05, 0) is 6.42 Å². The fourth-order valence-electron chi connectivity index (χ4n) is 2.34. The van der Waals surface area contributed by atoms with Crippen LogP contribution in [0, 0.1) is 27.0 Å². The summed E-state index contributed by atoms with van der Waals surface area (Å²) in [6.07, 6.45) is 11.0. The first-order valence-electron chi connectivity index (χ1n) is 6.60. The molecule has 0 atom stereocenters. The smallest absolute Gasteiger partial charge is 0.0253 e. The Kier molecular flexibility index (Phi) is 11.1. The molecule has 4 rings (SSSR count). The number of allylic oxidation sites excluding steroid dienone is 4. The Morgan fingerprint density at radius 2 is 1.68 bits per heavy atom. The molecule has 0 unspecified atom stereocenters. The summed E-state index contributed by atoms with van der Waals surface area (Å²) >= 11 is 1.58. The van der Waals surface area contributed by atoms with Crippen molar-refractivity contribution < 1.29 is 23.3 Å². The average Bonchev–Trinajstić information content (AvgIpc) is 3.20.